The molecule has 0 aliphatic heterocycles. The lowest BCUT2D eigenvalue weighted by molar-refractivity contribution is -0.121. The molecule has 0 radical (unpaired) electrons. The Bertz CT molecular complexity index is 1400. The molecule has 0 spiro atoms. The van der Waals surface area contributed by atoms with E-state index in [0.717, 1.165) is 10.2 Å². The first-order chi connectivity index (χ1) is 16.8. The van der Waals surface area contributed by atoms with Crippen molar-refractivity contribution < 1.29 is 9.18 Å². The summed E-state index contributed by atoms with van der Waals surface area (Å²) in [6.45, 7) is -0.0763. The zero-order chi connectivity index (χ0) is 24.9. The van der Waals surface area contributed by atoms with Crippen LogP contribution < -0.4 is 11.0 Å². The second-order valence-electron chi connectivity index (χ2n) is 7.75. The minimum atomic E-state index is -0.539. The zero-order valence-electron chi connectivity index (χ0n) is 18.3. The smallest absolute Gasteiger partial charge is 0.347 e. The number of amides is 1. The molecule has 0 saturated carbocycles. The van der Waals surface area contributed by atoms with Gasteiger partial charge >= 0.3 is 5.69 Å². The van der Waals surface area contributed by atoms with Crippen LogP contribution in [-0.2, 0) is 24.3 Å². The van der Waals surface area contributed by atoms with Gasteiger partial charge in [-0.1, -0.05) is 59.1 Å². The number of nitrogens with zero attached hydrogens (tertiary/aromatic N) is 3. The Morgan fingerprint density at radius 2 is 1.63 bits per heavy atom. The Hall–Kier alpha value is -3.13. The highest BCUT2D eigenvalue weighted by molar-refractivity contribution is 6.36. The summed E-state index contributed by atoms with van der Waals surface area (Å²) in [7, 11) is 0. The van der Waals surface area contributed by atoms with Gasteiger partial charge in [-0.3, -0.25) is 9.36 Å². The molecule has 0 aliphatic rings. The molecule has 1 amide bonds. The second kappa shape index (κ2) is 11.1. The van der Waals surface area contributed by atoms with E-state index in [1.165, 1.54) is 10.6 Å². The normalized spacial score (nSPS) is 11.0. The molecule has 4 aromatic rings. The second-order valence-corrected chi connectivity index (χ2v) is 9.00. The predicted molar refractivity (Wildman–Crippen MR) is 136 cm³/mol. The van der Waals surface area contributed by atoms with Crippen LogP contribution in [0.25, 0.3) is 11.4 Å². The van der Waals surface area contributed by atoms with Gasteiger partial charge in [-0.2, -0.15) is 0 Å². The Balaban J connectivity index is 1.55. The molecule has 0 unspecified atom stereocenters. The quantitative estimate of drug-likeness (QED) is 0.338. The lowest BCUT2D eigenvalue weighted by Crippen LogP contribution is -2.34. The molecular weight excluding hydrogens is 514 g/mol. The Morgan fingerprint density at radius 3 is 2.31 bits per heavy atom. The molecule has 0 bridgehead atoms. The average molecular weight is 534 g/mol. The van der Waals surface area contributed by atoms with Crippen molar-refractivity contribution in [2.75, 3.05) is 6.54 Å². The van der Waals surface area contributed by atoms with Crippen LogP contribution in [0.15, 0.2) is 71.5 Å². The molecule has 3 aromatic carbocycles. The van der Waals surface area contributed by atoms with E-state index in [4.69, 9.17) is 34.8 Å². The van der Waals surface area contributed by atoms with Gasteiger partial charge in [0.1, 0.15) is 12.4 Å². The highest BCUT2D eigenvalue weighted by Crippen LogP contribution is 2.24. The number of nitrogens with one attached hydrogen (secondary N) is 1. The van der Waals surface area contributed by atoms with E-state index in [2.05, 4.69) is 10.4 Å². The van der Waals surface area contributed by atoms with Crippen molar-refractivity contribution in [3.05, 3.63) is 109 Å². The summed E-state index contributed by atoms with van der Waals surface area (Å²) in [5, 5.41) is 8.68. The van der Waals surface area contributed by atoms with Gasteiger partial charge in [-0.15, -0.1) is 5.10 Å². The number of benzene rings is 3. The molecule has 1 aromatic heterocycles. The Labute approximate surface area is 215 Å². The summed E-state index contributed by atoms with van der Waals surface area (Å²) in [5.41, 5.74) is 1.12. The number of carbonyl (C=O) groups is 1. The summed E-state index contributed by atoms with van der Waals surface area (Å²) < 4.78 is 16.7. The number of hydrogen-bond acceptors (Lipinski definition) is 3. The third kappa shape index (κ3) is 5.93. The lowest BCUT2D eigenvalue weighted by atomic mass is 10.1. The Morgan fingerprint density at radius 1 is 0.943 bits per heavy atom. The van der Waals surface area contributed by atoms with Crippen LogP contribution >= 0.6 is 34.8 Å². The van der Waals surface area contributed by atoms with Gasteiger partial charge in [0, 0.05) is 32.7 Å². The number of carbonyl (C=O) groups excluding carboxylic acids is 1. The van der Waals surface area contributed by atoms with E-state index in [1.54, 1.807) is 60.7 Å². The van der Waals surface area contributed by atoms with Gasteiger partial charge in [-0.05, 0) is 54.4 Å². The molecule has 1 heterocycles. The van der Waals surface area contributed by atoms with Crippen molar-refractivity contribution in [2.45, 2.75) is 19.5 Å². The van der Waals surface area contributed by atoms with E-state index in [0.29, 0.717) is 38.4 Å². The molecular formula is C25H20Cl3FN4O2. The van der Waals surface area contributed by atoms with Gasteiger partial charge < -0.3 is 5.32 Å². The van der Waals surface area contributed by atoms with Gasteiger partial charge in [0.2, 0.25) is 5.91 Å². The fourth-order valence-electron chi connectivity index (χ4n) is 3.59. The van der Waals surface area contributed by atoms with Gasteiger partial charge in [0.05, 0.1) is 6.54 Å². The highest BCUT2D eigenvalue weighted by Gasteiger charge is 2.18. The topological polar surface area (TPSA) is 68.9 Å². The molecule has 0 atom stereocenters. The maximum absolute atomic E-state index is 14.3. The van der Waals surface area contributed by atoms with E-state index < -0.39 is 17.4 Å². The van der Waals surface area contributed by atoms with Gasteiger partial charge in [-0.25, -0.2) is 13.9 Å². The summed E-state index contributed by atoms with van der Waals surface area (Å²) in [4.78, 5) is 25.7. The molecule has 35 heavy (non-hydrogen) atoms. The molecule has 6 nitrogen and oxygen atoms in total. The van der Waals surface area contributed by atoms with Crippen molar-refractivity contribution in [1.82, 2.24) is 19.7 Å². The molecule has 180 valence electrons. The van der Waals surface area contributed by atoms with Gasteiger partial charge in [0.15, 0.2) is 5.82 Å². The van der Waals surface area contributed by atoms with Crippen LogP contribution in [-0.4, -0.2) is 26.8 Å². The van der Waals surface area contributed by atoms with E-state index in [9.17, 15) is 14.0 Å². The van der Waals surface area contributed by atoms with Crippen LogP contribution in [0.1, 0.15) is 11.1 Å². The van der Waals surface area contributed by atoms with Crippen molar-refractivity contribution in [2.24, 2.45) is 0 Å². The van der Waals surface area contributed by atoms with E-state index >= 15 is 0 Å². The fourth-order valence-corrected chi connectivity index (χ4v) is 4.30. The van der Waals surface area contributed by atoms with Crippen LogP contribution in [0.2, 0.25) is 15.1 Å². The molecule has 4 rings (SSSR count). The summed E-state index contributed by atoms with van der Waals surface area (Å²) in [5.74, 6) is -0.552. The first-order valence-corrected chi connectivity index (χ1v) is 11.8. The third-order valence-electron chi connectivity index (χ3n) is 5.36. The predicted octanol–water partition coefficient (Wildman–Crippen LogP) is 5.22. The largest absolute Gasteiger partial charge is 0.354 e. The third-order valence-corrected chi connectivity index (χ3v) is 6.32. The zero-order valence-corrected chi connectivity index (χ0v) is 20.6. The first kappa shape index (κ1) is 25.0. The molecule has 0 fully saturated rings. The minimum Gasteiger partial charge on any atom is -0.354 e. The van der Waals surface area contributed by atoms with Crippen LogP contribution in [0, 0.1) is 5.82 Å². The fraction of sp³-hybridized carbons (Fsp3) is 0.160. The summed E-state index contributed by atoms with van der Waals surface area (Å²) in [6, 6.07) is 18.1. The lowest BCUT2D eigenvalue weighted by Gasteiger charge is -2.08. The number of aromatic nitrogens is 3. The molecule has 0 aliphatic carbocycles. The first-order valence-electron chi connectivity index (χ1n) is 10.7. The van der Waals surface area contributed by atoms with Crippen molar-refractivity contribution in [1.29, 1.82) is 0 Å². The van der Waals surface area contributed by atoms with Crippen LogP contribution in [0.4, 0.5) is 4.39 Å². The molecule has 10 heteroatoms. The number of rotatable bonds is 8. The molecule has 0 saturated heterocycles. The van der Waals surface area contributed by atoms with Gasteiger partial charge in [0.25, 0.3) is 0 Å². The van der Waals surface area contributed by atoms with E-state index in [1.807, 2.05) is 0 Å². The minimum absolute atomic E-state index is 0.0455. The van der Waals surface area contributed by atoms with Crippen molar-refractivity contribution >= 4 is 40.7 Å². The maximum Gasteiger partial charge on any atom is 0.347 e. The van der Waals surface area contributed by atoms with Crippen LogP contribution in [0.3, 0.4) is 0 Å². The monoisotopic (exact) mass is 532 g/mol. The number of hydrogen-bond donors (Lipinski definition) is 1. The SMILES string of the molecule is O=C(Cn1nc(-c2ccc(Cl)cc2)n(Cc2ccccc2F)c1=O)NCCc1c(Cl)cccc1Cl. The highest BCUT2D eigenvalue weighted by atomic mass is 35.5. The van der Waals surface area contributed by atoms with Crippen molar-refractivity contribution in [3.63, 3.8) is 0 Å². The number of halogens is 4. The molecule has 1 N–H and O–H groups in total. The van der Waals surface area contributed by atoms with E-state index in [-0.39, 0.29) is 19.6 Å². The standard InChI is InChI=1S/C25H20Cl3FN4O2/c26-18-10-8-16(9-11-18)24-31-33(25(35)32(24)14-17-4-1-2-7-22(17)29)15-23(34)30-13-12-19-20(27)5-3-6-21(19)28/h1-11H,12-15H2,(H,30,34). The van der Waals surface area contributed by atoms with Crippen molar-refractivity contribution in [3.8, 4) is 11.4 Å². The average Bonchev–Trinajstić information content (AvgIpc) is 3.13. The summed E-state index contributed by atoms with van der Waals surface area (Å²) in [6.07, 6.45) is 0.427. The van der Waals surface area contributed by atoms with Crippen LogP contribution in [0.5, 0.6) is 0 Å². The maximum atomic E-state index is 14.3. The summed E-state index contributed by atoms with van der Waals surface area (Å²) >= 11 is 18.3. The Kier molecular flexibility index (Phi) is 7.90.